The molecule has 0 radical (unpaired) electrons. The molecule has 4 rings (SSSR count). The van der Waals surface area contributed by atoms with E-state index in [1.165, 1.54) is 56.2 Å². The number of carbonyl (C=O) groups is 2. The molecule has 2 heterocycles. The summed E-state index contributed by atoms with van der Waals surface area (Å²) in [5.41, 5.74) is 3.52. The van der Waals surface area contributed by atoms with Gasteiger partial charge in [-0.05, 0) is 75.6 Å². The highest BCUT2D eigenvalue weighted by molar-refractivity contribution is 5.97. The van der Waals surface area contributed by atoms with Crippen LogP contribution in [0, 0.1) is 5.92 Å². The van der Waals surface area contributed by atoms with Crippen LogP contribution in [0.4, 0.5) is 11.4 Å². The average Bonchev–Trinajstić information content (AvgIpc) is 3.15. The molecule has 1 atom stereocenters. The van der Waals surface area contributed by atoms with Crippen molar-refractivity contribution in [2.45, 2.75) is 57.8 Å². The second-order valence-corrected chi connectivity index (χ2v) is 8.68. The van der Waals surface area contributed by atoms with Gasteiger partial charge in [0.1, 0.15) is 0 Å². The topological polar surface area (TPSA) is 52.7 Å². The van der Waals surface area contributed by atoms with Crippen molar-refractivity contribution in [2.24, 2.45) is 5.92 Å². The Balaban J connectivity index is 1.27. The first-order valence-corrected chi connectivity index (χ1v) is 11.3. The number of likely N-dealkylation sites (tertiary alicyclic amines) is 1. The van der Waals surface area contributed by atoms with Crippen molar-refractivity contribution in [3.63, 3.8) is 0 Å². The summed E-state index contributed by atoms with van der Waals surface area (Å²) >= 11 is 0. The Morgan fingerprint density at radius 1 is 1.03 bits per heavy atom. The third-order valence-corrected chi connectivity index (χ3v) is 6.53. The summed E-state index contributed by atoms with van der Waals surface area (Å²) < 4.78 is 0. The van der Waals surface area contributed by atoms with Crippen molar-refractivity contribution in [3.8, 4) is 0 Å². The molecule has 156 valence electrons. The van der Waals surface area contributed by atoms with Crippen molar-refractivity contribution < 1.29 is 9.59 Å². The molecule has 1 aliphatic carbocycles. The molecule has 5 nitrogen and oxygen atoms in total. The lowest BCUT2D eigenvalue weighted by atomic mass is 9.97. The molecule has 29 heavy (non-hydrogen) atoms. The lowest BCUT2D eigenvalue weighted by Crippen LogP contribution is -2.30. The number of piperidine rings is 1. The Labute approximate surface area is 174 Å². The first-order chi connectivity index (χ1) is 14.2. The normalized spacial score (nSPS) is 22.6. The highest BCUT2D eigenvalue weighted by Crippen LogP contribution is 2.25. The van der Waals surface area contributed by atoms with Crippen molar-refractivity contribution in [2.75, 3.05) is 36.4 Å². The maximum absolute atomic E-state index is 12.7. The summed E-state index contributed by atoms with van der Waals surface area (Å²) in [4.78, 5) is 29.3. The molecule has 0 aromatic heterocycles. The fourth-order valence-corrected chi connectivity index (χ4v) is 4.73. The summed E-state index contributed by atoms with van der Waals surface area (Å²) in [7, 11) is 0. The van der Waals surface area contributed by atoms with E-state index in [-0.39, 0.29) is 17.7 Å². The van der Waals surface area contributed by atoms with Crippen molar-refractivity contribution in [3.05, 3.63) is 35.9 Å². The molecular formula is C24H33N3O2. The van der Waals surface area contributed by atoms with E-state index in [0.717, 1.165) is 31.7 Å². The second kappa shape index (κ2) is 9.47. The Morgan fingerprint density at radius 3 is 2.55 bits per heavy atom. The number of allylic oxidation sites excluding steroid dienone is 1. The molecule has 2 fully saturated rings. The number of nitrogens with one attached hydrogen (secondary N) is 1. The zero-order valence-electron chi connectivity index (χ0n) is 17.4. The van der Waals surface area contributed by atoms with Gasteiger partial charge >= 0.3 is 0 Å². The van der Waals surface area contributed by atoms with E-state index in [0.29, 0.717) is 13.0 Å². The first-order valence-electron chi connectivity index (χ1n) is 11.3. The molecule has 1 unspecified atom stereocenters. The zero-order chi connectivity index (χ0) is 20.1. The van der Waals surface area contributed by atoms with Gasteiger partial charge < -0.3 is 15.1 Å². The van der Waals surface area contributed by atoms with Gasteiger partial charge in [-0.15, -0.1) is 0 Å². The van der Waals surface area contributed by atoms with Crippen LogP contribution in [0.25, 0.3) is 0 Å². The van der Waals surface area contributed by atoms with Gasteiger partial charge in [-0.2, -0.15) is 0 Å². The molecule has 1 aromatic rings. The minimum atomic E-state index is -0.246. The number of carbonyl (C=O) groups excluding carboxylic acids is 2. The quantitative estimate of drug-likeness (QED) is 0.729. The van der Waals surface area contributed by atoms with Gasteiger partial charge in [0.2, 0.25) is 11.8 Å². The molecule has 0 bridgehead atoms. The minimum Gasteiger partial charge on any atom is -0.372 e. The van der Waals surface area contributed by atoms with Crippen LogP contribution in [-0.4, -0.2) is 42.9 Å². The third-order valence-electron chi connectivity index (χ3n) is 6.53. The first kappa shape index (κ1) is 20.0. The number of anilines is 2. The van der Waals surface area contributed by atoms with Crippen LogP contribution in [-0.2, 0) is 9.59 Å². The molecular weight excluding hydrogens is 362 g/mol. The summed E-state index contributed by atoms with van der Waals surface area (Å²) in [6.45, 7) is 3.52. The van der Waals surface area contributed by atoms with Crippen LogP contribution in [0.15, 0.2) is 35.9 Å². The van der Waals surface area contributed by atoms with E-state index in [9.17, 15) is 9.59 Å². The molecule has 2 amide bonds. The fourth-order valence-electron chi connectivity index (χ4n) is 4.73. The van der Waals surface area contributed by atoms with Crippen molar-refractivity contribution in [1.82, 2.24) is 4.90 Å². The Hall–Kier alpha value is -2.30. The summed E-state index contributed by atoms with van der Waals surface area (Å²) in [5.74, 6) is -0.171. The smallest absolute Gasteiger partial charge is 0.229 e. The maximum atomic E-state index is 12.7. The molecule has 2 aliphatic heterocycles. The average molecular weight is 396 g/mol. The minimum absolute atomic E-state index is 0.0385. The van der Waals surface area contributed by atoms with Gasteiger partial charge in [0, 0.05) is 44.0 Å². The van der Waals surface area contributed by atoms with Gasteiger partial charge in [0.05, 0.1) is 5.92 Å². The SMILES string of the molecule is O=C(Nc1ccc(N2CCCCC2)cc1)C1CC(=O)N(CCC2=CCCCC2)C1. The third kappa shape index (κ3) is 5.20. The number of hydrogen-bond acceptors (Lipinski definition) is 3. The standard InChI is InChI=1S/C24H33N3O2/c28-23-17-20(18-27(23)16-13-19-7-3-1-4-8-19)24(29)25-21-9-11-22(12-10-21)26-14-5-2-6-15-26/h7,9-12,20H,1-6,8,13-18H2,(H,25,29). The molecule has 1 N–H and O–H groups in total. The van der Waals surface area contributed by atoms with Crippen LogP contribution in [0.2, 0.25) is 0 Å². The zero-order valence-corrected chi connectivity index (χ0v) is 17.4. The lowest BCUT2D eigenvalue weighted by molar-refractivity contribution is -0.128. The number of benzene rings is 1. The second-order valence-electron chi connectivity index (χ2n) is 8.68. The van der Waals surface area contributed by atoms with Crippen LogP contribution in [0.5, 0.6) is 0 Å². The van der Waals surface area contributed by atoms with Crippen LogP contribution < -0.4 is 10.2 Å². The van der Waals surface area contributed by atoms with Crippen molar-refractivity contribution in [1.29, 1.82) is 0 Å². The van der Waals surface area contributed by atoms with Gasteiger partial charge in [0.25, 0.3) is 0 Å². The van der Waals surface area contributed by atoms with Gasteiger partial charge in [-0.1, -0.05) is 11.6 Å². The monoisotopic (exact) mass is 395 g/mol. The number of rotatable bonds is 6. The highest BCUT2D eigenvalue weighted by atomic mass is 16.2. The van der Waals surface area contributed by atoms with Gasteiger partial charge in [0.15, 0.2) is 0 Å². The van der Waals surface area contributed by atoms with E-state index >= 15 is 0 Å². The van der Waals surface area contributed by atoms with E-state index < -0.39 is 0 Å². The Bertz CT molecular complexity index is 750. The van der Waals surface area contributed by atoms with E-state index in [1.807, 2.05) is 17.0 Å². The van der Waals surface area contributed by atoms with Crippen LogP contribution in [0.1, 0.15) is 57.8 Å². The largest absolute Gasteiger partial charge is 0.372 e. The number of nitrogens with zero attached hydrogens (tertiary/aromatic N) is 2. The maximum Gasteiger partial charge on any atom is 0.229 e. The summed E-state index contributed by atoms with van der Waals surface area (Å²) in [6.07, 6.45) is 12.3. The van der Waals surface area contributed by atoms with E-state index in [1.54, 1.807) is 0 Å². The Kier molecular flexibility index (Phi) is 6.53. The van der Waals surface area contributed by atoms with Gasteiger partial charge in [-0.25, -0.2) is 0 Å². The molecule has 3 aliphatic rings. The van der Waals surface area contributed by atoms with E-state index in [2.05, 4.69) is 28.4 Å². The summed E-state index contributed by atoms with van der Waals surface area (Å²) in [6, 6.07) is 8.13. The molecule has 0 spiro atoms. The van der Waals surface area contributed by atoms with E-state index in [4.69, 9.17) is 0 Å². The number of amides is 2. The molecule has 5 heteroatoms. The van der Waals surface area contributed by atoms with Gasteiger partial charge in [-0.3, -0.25) is 9.59 Å². The van der Waals surface area contributed by atoms with Crippen LogP contribution >= 0.6 is 0 Å². The van der Waals surface area contributed by atoms with Crippen LogP contribution in [0.3, 0.4) is 0 Å². The fraction of sp³-hybridized carbons (Fsp3) is 0.583. The predicted molar refractivity (Wildman–Crippen MR) is 117 cm³/mol. The molecule has 2 saturated heterocycles. The highest BCUT2D eigenvalue weighted by Gasteiger charge is 2.34. The molecule has 0 saturated carbocycles. The molecule has 1 aromatic carbocycles. The predicted octanol–water partition coefficient (Wildman–Crippen LogP) is 4.35. The Morgan fingerprint density at radius 2 is 1.83 bits per heavy atom. The summed E-state index contributed by atoms with van der Waals surface area (Å²) in [5, 5.41) is 3.01. The lowest BCUT2D eigenvalue weighted by Gasteiger charge is -2.28. The van der Waals surface area contributed by atoms with Crippen molar-refractivity contribution >= 4 is 23.2 Å². The number of hydrogen-bond donors (Lipinski definition) is 1.